The maximum Gasteiger partial charge on any atom is 0.349 e. The summed E-state index contributed by atoms with van der Waals surface area (Å²) in [5.74, 6) is -1.05. The number of carbonyl (C=O) groups excluding carboxylic acids is 2. The highest BCUT2D eigenvalue weighted by Gasteiger charge is 2.30. The molecule has 0 radical (unpaired) electrons. The number of hydrogen-bond donors (Lipinski definition) is 2. The number of amides is 1. The molecule has 30 heavy (non-hydrogen) atoms. The summed E-state index contributed by atoms with van der Waals surface area (Å²) in [6.45, 7) is 3.25. The molecule has 4 aromatic rings. The van der Waals surface area contributed by atoms with Crippen LogP contribution in [0.3, 0.4) is 0 Å². The van der Waals surface area contributed by atoms with Crippen LogP contribution in [0.5, 0.6) is 0 Å². The van der Waals surface area contributed by atoms with Crippen LogP contribution in [0.25, 0.3) is 10.2 Å². The van der Waals surface area contributed by atoms with E-state index in [-0.39, 0.29) is 11.5 Å². The summed E-state index contributed by atoms with van der Waals surface area (Å²) in [6.07, 6.45) is 1.52. The fourth-order valence-corrected chi connectivity index (χ4v) is 3.94. The Hall–Kier alpha value is -3.53. The van der Waals surface area contributed by atoms with Gasteiger partial charge in [-0.1, -0.05) is 18.2 Å². The number of ether oxygens (including phenoxy) is 1. The topological polar surface area (TPSA) is 102 Å². The second kappa shape index (κ2) is 7.38. The Balaban J connectivity index is 1.56. The van der Waals surface area contributed by atoms with Crippen LogP contribution < -0.4 is 5.32 Å². The molecule has 1 amide bonds. The molecule has 4 rings (SSSR count). The molecule has 0 unspecified atom stereocenters. The molecule has 2 N–H and O–H groups in total. The third kappa shape index (κ3) is 3.57. The Kier molecular flexibility index (Phi) is 4.86. The smallest absolute Gasteiger partial charge is 0.349 e. The Bertz CT molecular complexity index is 1260. The number of anilines is 1. The van der Waals surface area contributed by atoms with Crippen molar-refractivity contribution in [2.24, 2.45) is 7.05 Å². The average molecular weight is 427 g/mol. The van der Waals surface area contributed by atoms with Crippen LogP contribution in [0.1, 0.15) is 39.6 Å². The number of thiophene rings is 1. The van der Waals surface area contributed by atoms with Gasteiger partial charge >= 0.3 is 5.97 Å². The van der Waals surface area contributed by atoms with Gasteiger partial charge in [0.25, 0.3) is 5.91 Å². The number of rotatable bonds is 5. The minimum atomic E-state index is -1.16. The molecule has 0 bridgehead atoms. The molecular formula is C20H18FN5O3S. The van der Waals surface area contributed by atoms with Gasteiger partial charge in [0.05, 0.1) is 5.39 Å². The van der Waals surface area contributed by atoms with Crippen LogP contribution in [0, 0.1) is 5.82 Å². The van der Waals surface area contributed by atoms with E-state index < -0.39 is 17.4 Å². The van der Waals surface area contributed by atoms with Gasteiger partial charge in [-0.15, -0.1) is 11.3 Å². The molecule has 3 heterocycles. The van der Waals surface area contributed by atoms with Gasteiger partial charge in [0.1, 0.15) is 32.6 Å². The zero-order valence-electron chi connectivity index (χ0n) is 16.4. The van der Waals surface area contributed by atoms with Crippen molar-refractivity contribution in [3.05, 3.63) is 64.5 Å². The zero-order chi connectivity index (χ0) is 21.5. The molecule has 0 aliphatic carbocycles. The summed E-state index contributed by atoms with van der Waals surface area (Å²) < 4.78 is 21.2. The van der Waals surface area contributed by atoms with Gasteiger partial charge in [0, 0.05) is 18.8 Å². The lowest BCUT2D eigenvalue weighted by molar-refractivity contribution is -0.00396. The SMILES string of the molecule is Cn1nccc1C(=O)Nc1[nH]nc2sc(C(=O)OC(C)(C)c3ccccc3F)cc12. The fourth-order valence-electron chi connectivity index (χ4n) is 3.07. The maximum absolute atomic E-state index is 14.1. The van der Waals surface area contributed by atoms with E-state index in [2.05, 4.69) is 20.6 Å². The van der Waals surface area contributed by atoms with Crippen LogP contribution in [0.2, 0.25) is 0 Å². The predicted octanol–water partition coefficient (Wildman–Crippen LogP) is 3.84. The molecule has 0 aliphatic rings. The molecule has 154 valence electrons. The molecule has 0 spiro atoms. The highest BCUT2D eigenvalue weighted by atomic mass is 32.1. The Morgan fingerprint density at radius 1 is 1.27 bits per heavy atom. The number of hydrogen-bond acceptors (Lipinski definition) is 6. The van der Waals surface area contributed by atoms with Gasteiger partial charge in [-0.05, 0) is 32.0 Å². The Labute approximate surface area is 174 Å². The number of aromatic nitrogens is 4. The monoisotopic (exact) mass is 427 g/mol. The lowest BCUT2D eigenvalue weighted by Crippen LogP contribution is -2.26. The number of carbonyl (C=O) groups is 2. The first-order chi connectivity index (χ1) is 14.3. The van der Waals surface area contributed by atoms with Crippen LogP contribution >= 0.6 is 11.3 Å². The van der Waals surface area contributed by atoms with Crippen molar-refractivity contribution in [3.8, 4) is 0 Å². The van der Waals surface area contributed by atoms with E-state index in [1.807, 2.05) is 0 Å². The fraction of sp³-hybridized carbons (Fsp3) is 0.200. The molecule has 0 aliphatic heterocycles. The first-order valence-corrected chi connectivity index (χ1v) is 9.83. The lowest BCUT2D eigenvalue weighted by Gasteiger charge is -2.25. The summed E-state index contributed by atoms with van der Waals surface area (Å²) in [4.78, 5) is 25.9. The normalized spacial score (nSPS) is 11.6. The first kappa shape index (κ1) is 19.8. The number of nitrogens with zero attached hydrogens (tertiary/aromatic N) is 3. The average Bonchev–Trinajstić information content (AvgIpc) is 3.38. The van der Waals surface area contributed by atoms with E-state index in [4.69, 9.17) is 4.74 Å². The third-order valence-electron chi connectivity index (χ3n) is 4.61. The predicted molar refractivity (Wildman–Crippen MR) is 110 cm³/mol. The van der Waals surface area contributed by atoms with E-state index in [0.717, 1.165) is 11.3 Å². The van der Waals surface area contributed by atoms with E-state index in [9.17, 15) is 14.0 Å². The van der Waals surface area contributed by atoms with Gasteiger partial charge in [-0.2, -0.15) is 10.2 Å². The number of aryl methyl sites for hydroxylation is 1. The second-order valence-corrected chi connectivity index (χ2v) is 8.13. The van der Waals surface area contributed by atoms with Crippen molar-refractivity contribution in [2.75, 3.05) is 5.32 Å². The van der Waals surface area contributed by atoms with E-state index in [1.54, 1.807) is 51.2 Å². The molecule has 8 nitrogen and oxygen atoms in total. The minimum absolute atomic E-state index is 0.282. The number of nitrogens with one attached hydrogen (secondary N) is 2. The molecule has 3 aromatic heterocycles. The molecule has 0 atom stereocenters. The van der Waals surface area contributed by atoms with Crippen molar-refractivity contribution >= 4 is 39.2 Å². The second-order valence-electron chi connectivity index (χ2n) is 7.10. The van der Waals surface area contributed by atoms with Gasteiger partial charge in [0.2, 0.25) is 0 Å². The number of esters is 1. The van der Waals surface area contributed by atoms with E-state index in [0.29, 0.717) is 26.6 Å². The van der Waals surface area contributed by atoms with Gasteiger partial charge in [-0.3, -0.25) is 14.6 Å². The maximum atomic E-state index is 14.1. The van der Waals surface area contributed by atoms with Crippen LogP contribution in [-0.2, 0) is 17.4 Å². The minimum Gasteiger partial charge on any atom is -0.450 e. The first-order valence-electron chi connectivity index (χ1n) is 9.02. The van der Waals surface area contributed by atoms with Crippen LogP contribution in [0.4, 0.5) is 10.2 Å². The van der Waals surface area contributed by atoms with E-state index >= 15 is 0 Å². The Morgan fingerprint density at radius 3 is 2.73 bits per heavy atom. The number of halogens is 1. The van der Waals surface area contributed by atoms with Crippen molar-refractivity contribution < 1.29 is 18.7 Å². The zero-order valence-corrected chi connectivity index (χ0v) is 17.2. The molecule has 10 heteroatoms. The van der Waals surface area contributed by atoms with E-state index in [1.165, 1.54) is 16.9 Å². The van der Waals surface area contributed by atoms with Crippen molar-refractivity contribution in [2.45, 2.75) is 19.4 Å². The summed E-state index contributed by atoms with van der Waals surface area (Å²) in [5.41, 5.74) is -0.504. The standard InChI is InChI=1S/C20H18FN5O3S/c1-20(2,12-6-4-5-7-13(12)21)29-19(28)15-10-11-16(24-25-18(11)30-15)23-17(27)14-8-9-22-26(14)3/h4-10H,1-3H3,(H2,23,24,25,27). The van der Waals surface area contributed by atoms with Crippen molar-refractivity contribution in [1.29, 1.82) is 0 Å². The molecule has 0 fully saturated rings. The quantitative estimate of drug-likeness (QED) is 0.471. The number of aromatic amines is 1. The summed E-state index contributed by atoms with van der Waals surface area (Å²) >= 11 is 1.11. The number of fused-ring (bicyclic) bond motifs is 1. The third-order valence-corrected chi connectivity index (χ3v) is 5.62. The summed E-state index contributed by atoms with van der Waals surface area (Å²) in [6, 6.07) is 9.33. The molecule has 0 saturated carbocycles. The highest BCUT2D eigenvalue weighted by Crippen LogP contribution is 2.33. The van der Waals surface area contributed by atoms with Gasteiger partial charge < -0.3 is 10.1 Å². The summed E-state index contributed by atoms with van der Waals surface area (Å²) in [7, 11) is 1.66. The van der Waals surface area contributed by atoms with Gasteiger partial charge in [0.15, 0.2) is 0 Å². The largest absolute Gasteiger partial charge is 0.450 e. The van der Waals surface area contributed by atoms with Crippen LogP contribution in [-0.4, -0.2) is 31.9 Å². The van der Waals surface area contributed by atoms with Crippen molar-refractivity contribution in [3.63, 3.8) is 0 Å². The Morgan fingerprint density at radius 2 is 2.03 bits per heavy atom. The number of H-pyrrole nitrogens is 1. The summed E-state index contributed by atoms with van der Waals surface area (Å²) in [5, 5.41) is 14.2. The highest BCUT2D eigenvalue weighted by molar-refractivity contribution is 7.20. The molecule has 0 saturated heterocycles. The number of benzene rings is 1. The lowest BCUT2D eigenvalue weighted by atomic mass is 9.97. The van der Waals surface area contributed by atoms with Gasteiger partial charge in [-0.25, -0.2) is 9.18 Å². The molecular weight excluding hydrogens is 409 g/mol. The molecule has 1 aromatic carbocycles. The van der Waals surface area contributed by atoms with Crippen LogP contribution in [0.15, 0.2) is 42.6 Å². The van der Waals surface area contributed by atoms with Crippen molar-refractivity contribution in [1.82, 2.24) is 20.0 Å².